The van der Waals surface area contributed by atoms with Gasteiger partial charge in [-0.3, -0.25) is 0 Å². The third-order valence-corrected chi connectivity index (χ3v) is 3.57. The van der Waals surface area contributed by atoms with Gasteiger partial charge in [-0.05, 0) is 32.4 Å². The van der Waals surface area contributed by atoms with Gasteiger partial charge in [0.2, 0.25) is 0 Å². The molecule has 2 unspecified atom stereocenters. The van der Waals surface area contributed by atoms with E-state index in [1.165, 1.54) is 31.5 Å². The molecule has 0 aliphatic heterocycles. The van der Waals surface area contributed by atoms with Crippen molar-refractivity contribution in [3.05, 3.63) is 18.2 Å². The molecule has 0 radical (unpaired) electrons. The van der Waals surface area contributed by atoms with Gasteiger partial charge in [-0.25, -0.2) is 4.98 Å². The highest BCUT2D eigenvalue weighted by atomic mass is 15.0. The molecule has 0 aromatic carbocycles. The Balaban J connectivity index is 2.14. The zero-order valence-electron chi connectivity index (χ0n) is 9.74. The van der Waals surface area contributed by atoms with Gasteiger partial charge in [0.25, 0.3) is 0 Å². The van der Waals surface area contributed by atoms with E-state index in [4.69, 9.17) is 0 Å². The molecule has 0 saturated heterocycles. The lowest BCUT2D eigenvalue weighted by molar-refractivity contribution is 0.288. The zero-order valence-corrected chi connectivity index (χ0v) is 9.74. The number of nitrogens with one attached hydrogen (secondary N) is 1. The molecule has 1 saturated carbocycles. The molecule has 2 rings (SSSR count). The van der Waals surface area contributed by atoms with E-state index in [1.807, 2.05) is 13.2 Å². The number of aryl methyl sites for hydroxylation is 1. The van der Waals surface area contributed by atoms with E-state index in [0.29, 0.717) is 5.92 Å². The van der Waals surface area contributed by atoms with E-state index >= 15 is 0 Å². The van der Waals surface area contributed by atoms with Crippen molar-refractivity contribution in [2.24, 2.45) is 13.0 Å². The van der Waals surface area contributed by atoms with Crippen LogP contribution in [0.2, 0.25) is 0 Å². The topological polar surface area (TPSA) is 29.9 Å². The Morgan fingerprint density at radius 2 is 2.27 bits per heavy atom. The molecule has 84 valence electrons. The van der Waals surface area contributed by atoms with Crippen LogP contribution in [0.3, 0.4) is 0 Å². The van der Waals surface area contributed by atoms with Crippen LogP contribution in [0.25, 0.3) is 0 Å². The summed E-state index contributed by atoms with van der Waals surface area (Å²) in [4.78, 5) is 4.51. The van der Waals surface area contributed by atoms with Crippen LogP contribution in [-0.4, -0.2) is 23.1 Å². The molecule has 1 fully saturated rings. The Hall–Kier alpha value is -0.830. The summed E-state index contributed by atoms with van der Waals surface area (Å²) >= 11 is 0. The van der Waals surface area contributed by atoms with Crippen LogP contribution in [0.1, 0.15) is 37.4 Å². The molecule has 1 aliphatic rings. The van der Waals surface area contributed by atoms with Crippen molar-refractivity contribution in [1.82, 2.24) is 14.9 Å². The summed E-state index contributed by atoms with van der Waals surface area (Å²) in [6.45, 7) is 1.12. The summed E-state index contributed by atoms with van der Waals surface area (Å²) in [7, 11) is 4.15. The van der Waals surface area contributed by atoms with Gasteiger partial charge in [-0.2, -0.15) is 0 Å². The van der Waals surface area contributed by atoms with E-state index in [9.17, 15) is 0 Å². The van der Waals surface area contributed by atoms with Gasteiger partial charge in [0, 0.05) is 25.4 Å². The average molecular weight is 207 g/mol. The molecule has 0 bridgehead atoms. The lowest BCUT2D eigenvalue weighted by Gasteiger charge is -2.30. The summed E-state index contributed by atoms with van der Waals surface area (Å²) < 4.78 is 2.18. The first-order valence-corrected chi connectivity index (χ1v) is 5.94. The van der Waals surface area contributed by atoms with Crippen LogP contribution in [0, 0.1) is 5.92 Å². The minimum atomic E-state index is 0.659. The smallest absolute Gasteiger partial charge is 0.111 e. The Labute approximate surface area is 91.9 Å². The van der Waals surface area contributed by atoms with E-state index in [2.05, 4.69) is 28.1 Å². The predicted octanol–water partition coefficient (Wildman–Crippen LogP) is 1.91. The maximum atomic E-state index is 4.51. The van der Waals surface area contributed by atoms with Gasteiger partial charge in [-0.15, -0.1) is 0 Å². The van der Waals surface area contributed by atoms with Crippen molar-refractivity contribution in [2.45, 2.75) is 31.6 Å². The second-order valence-electron chi connectivity index (χ2n) is 4.61. The second kappa shape index (κ2) is 4.79. The molecule has 1 aromatic heterocycles. The molecule has 2 atom stereocenters. The average Bonchev–Trinajstić information content (AvgIpc) is 2.66. The van der Waals surface area contributed by atoms with Crippen molar-refractivity contribution >= 4 is 0 Å². The Kier molecular flexibility index (Phi) is 3.41. The minimum Gasteiger partial charge on any atom is -0.338 e. The van der Waals surface area contributed by atoms with Crippen LogP contribution in [0.4, 0.5) is 0 Å². The summed E-state index contributed by atoms with van der Waals surface area (Å²) in [5.74, 6) is 2.70. The first kappa shape index (κ1) is 10.7. The molecule has 1 aromatic rings. The molecule has 0 spiro atoms. The number of hydrogen-bond donors (Lipinski definition) is 1. The second-order valence-corrected chi connectivity index (χ2v) is 4.61. The molecule has 15 heavy (non-hydrogen) atoms. The van der Waals surface area contributed by atoms with Gasteiger partial charge in [-0.1, -0.05) is 12.8 Å². The highest BCUT2D eigenvalue weighted by molar-refractivity contribution is 5.03. The number of aromatic nitrogens is 2. The standard InChI is InChI=1S/C12H21N3/c1-13-9-10-5-3-4-6-11(10)12-14-7-8-15(12)2/h7-8,10-11,13H,3-6,9H2,1-2H3. The highest BCUT2D eigenvalue weighted by Gasteiger charge is 2.28. The molecule has 1 N–H and O–H groups in total. The molecule has 1 aliphatic carbocycles. The van der Waals surface area contributed by atoms with E-state index < -0.39 is 0 Å². The van der Waals surface area contributed by atoms with E-state index in [-0.39, 0.29) is 0 Å². The summed E-state index contributed by atoms with van der Waals surface area (Å²) in [6.07, 6.45) is 9.36. The molecular weight excluding hydrogens is 186 g/mol. The third kappa shape index (κ3) is 2.23. The van der Waals surface area contributed by atoms with E-state index in [0.717, 1.165) is 12.5 Å². The lowest BCUT2D eigenvalue weighted by Crippen LogP contribution is -2.28. The van der Waals surface area contributed by atoms with Gasteiger partial charge >= 0.3 is 0 Å². The Morgan fingerprint density at radius 3 is 2.93 bits per heavy atom. The van der Waals surface area contributed by atoms with E-state index in [1.54, 1.807) is 0 Å². The fraction of sp³-hybridized carbons (Fsp3) is 0.750. The van der Waals surface area contributed by atoms with Crippen LogP contribution >= 0.6 is 0 Å². The molecule has 3 nitrogen and oxygen atoms in total. The van der Waals surface area contributed by atoms with Crippen molar-refractivity contribution in [3.63, 3.8) is 0 Å². The van der Waals surface area contributed by atoms with Gasteiger partial charge in [0.1, 0.15) is 5.82 Å². The summed E-state index contributed by atoms with van der Waals surface area (Å²) in [5.41, 5.74) is 0. The quantitative estimate of drug-likeness (QED) is 0.820. The van der Waals surface area contributed by atoms with Crippen molar-refractivity contribution in [2.75, 3.05) is 13.6 Å². The molecule has 3 heteroatoms. The van der Waals surface area contributed by atoms with Crippen LogP contribution < -0.4 is 5.32 Å². The highest BCUT2D eigenvalue weighted by Crippen LogP contribution is 2.36. The first-order valence-electron chi connectivity index (χ1n) is 5.94. The SMILES string of the molecule is CNCC1CCCCC1c1nccn1C. The molecular formula is C12H21N3. The lowest BCUT2D eigenvalue weighted by atomic mass is 9.78. The number of imidazole rings is 1. The van der Waals surface area contributed by atoms with Crippen molar-refractivity contribution in [1.29, 1.82) is 0 Å². The maximum Gasteiger partial charge on any atom is 0.111 e. The van der Waals surface area contributed by atoms with Gasteiger partial charge in [0.15, 0.2) is 0 Å². The normalized spacial score (nSPS) is 26.8. The fourth-order valence-electron chi connectivity index (χ4n) is 2.79. The molecule has 1 heterocycles. The van der Waals surface area contributed by atoms with Gasteiger partial charge in [0.05, 0.1) is 0 Å². The largest absolute Gasteiger partial charge is 0.338 e. The zero-order chi connectivity index (χ0) is 10.7. The first-order chi connectivity index (χ1) is 7.33. The van der Waals surface area contributed by atoms with Crippen molar-refractivity contribution in [3.8, 4) is 0 Å². The van der Waals surface area contributed by atoms with Crippen molar-refractivity contribution < 1.29 is 0 Å². The maximum absolute atomic E-state index is 4.51. The van der Waals surface area contributed by atoms with Crippen LogP contribution in [0.5, 0.6) is 0 Å². The predicted molar refractivity (Wildman–Crippen MR) is 61.8 cm³/mol. The summed E-state index contributed by atoms with van der Waals surface area (Å²) in [5, 5.41) is 3.31. The van der Waals surface area contributed by atoms with Crippen LogP contribution in [-0.2, 0) is 7.05 Å². The minimum absolute atomic E-state index is 0.659. The number of nitrogens with zero attached hydrogens (tertiary/aromatic N) is 2. The number of hydrogen-bond acceptors (Lipinski definition) is 2. The fourth-order valence-corrected chi connectivity index (χ4v) is 2.79. The monoisotopic (exact) mass is 207 g/mol. The van der Waals surface area contributed by atoms with Gasteiger partial charge < -0.3 is 9.88 Å². The number of rotatable bonds is 3. The van der Waals surface area contributed by atoms with Crippen LogP contribution in [0.15, 0.2) is 12.4 Å². The third-order valence-electron chi connectivity index (χ3n) is 3.57. The Morgan fingerprint density at radius 1 is 1.47 bits per heavy atom. The Bertz CT molecular complexity index is 304. The molecule has 0 amide bonds. The summed E-state index contributed by atoms with van der Waals surface area (Å²) in [6, 6.07) is 0.